The third-order valence-corrected chi connectivity index (χ3v) is 5.74. The summed E-state index contributed by atoms with van der Waals surface area (Å²) in [7, 11) is -3.75. The summed E-state index contributed by atoms with van der Waals surface area (Å²) in [6.07, 6.45) is 1.05. The standard InChI is InChI=1S/C22H21ClN2O4S/c1-16(25(30(2,27)28)18-10-8-9-17(23)15-18)22(26)24-20-13-6-7-14-21(20)29-19-11-4-3-5-12-19/h3-16H,1-2H3,(H,24,26)/t16-/m1/s1. The molecule has 0 aromatic heterocycles. The average Bonchev–Trinajstić information content (AvgIpc) is 2.69. The summed E-state index contributed by atoms with van der Waals surface area (Å²) in [6.45, 7) is 1.51. The Morgan fingerprint density at radius 1 is 1.00 bits per heavy atom. The van der Waals surface area contributed by atoms with Gasteiger partial charge in [-0.15, -0.1) is 0 Å². The minimum atomic E-state index is -3.75. The molecule has 0 aliphatic heterocycles. The van der Waals surface area contributed by atoms with Crippen LogP contribution in [-0.4, -0.2) is 26.6 Å². The molecule has 0 bridgehead atoms. The number of amides is 1. The molecule has 1 amide bonds. The molecule has 0 spiro atoms. The van der Waals surface area contributed by atoms with Gasteiger partial charge in [0.25, 0.3) is 0 Å². The van der Waals surface area contributed by atoms with Crippen LogP contribution in [0, 0.1) is 0 Å². The molecule has 8 heteroatoms. The molecule has 1 N–H and O–H groups in total. The van der Waals surface area contributed by atoms with Crippen LogP contribution in [0.3, 0.4) is 0 Å². The second kappa shape index (κ2) is 9.19. The predicted molar refractivity (Wildman–Crippen MR) is 120 cm³/mol. The van der Waals surface area contributed by atoms with Gasteiger partial charge in [0, 0.05) is 5.02 Å². The maximum absolute atomic E-state index is 13.0. The molecule has 3 aromatic rings. The summed E-state index contributed by atoms with van der Waals surface area (Å²) in [5.41, 5.74) is 0.735. The van der Waals surface area contributed by atoms with E-state index in [4.69, 9.17) is 16.3 Å². The smallest absolute Gasteiger partial charge is 0.248 e. The van der Waals surface area contributed by atoms with Crippen molar-refractivity contribution in [3.63, 3.8) is 0 Å². The number of carbonyl (C=O) groups excluding carboxylic acids is 1. The Morgan fingerprint density at radius 3 is 2.33 bits per heavy atom. The van der Waals surface area contributed by atoms with Crippen LogP contribution in [0.1, 0.15) is 6.92 Å². The van der Waals surface area contributed by atoms with Gasteiger partial charge in [0.2, 0.25) is 15.9 Å². The van der Waals surface area contributed by atoms with Crippen molar-refractivity contribution in [1.29, 1.82) is 0 Å². The highest BCUT2D eigenvalue weighted by Crippen LogP contribution is 2.30. The summed E-state index contributed by atoms with van der Waals surface area (Å²) < 4.78 is 31.7. The van der Waals surface area contributed by atoms with E-state index in [1.54, 1.807) is 54.6 Å². The number of benzene rings is 3. The van der Waals surface area contributed by atoms with E-state index >= 15 is 0 Å². The number of carbonyl (C=O) groups is 1. The van der Waals surface area contributed by atoms with Crippen LogP contribution in [0.15, 0.2) is 78.9 Å². The van der Waals surface area contributed by atoms with E-state index in [9.17, 15) is 13.2 Å². The molecule has 6 nitrogen and oxygen atoms in total. The number of sulfonamides is 1. The van der Waals surface area contributed by atoms with Crippen LogP contribution in [0.5, 0.6) is 11.5 Å². The van der Waals surface area contributed by atoms with Crippen LogP contribution < -0.4 is 14.4 Å². The maximum Gasteiger partial charge on any atom is 0.248 e. The van der Waals surface area contributed by atoms with Gasteiger partial charge in [-0.1, -0.05) is 48.0 Å². The van der Waals surface area contributed by atoms with E-state index in [1.807, 2.05) is 18.2 Å². The molecule has 156 valence electrons. The van der Waals surface area contributed by atoms with E-state index in [-0.39, 0.29) is 0 Å². The molecular weight excluding hydrogens is 424 g/mol. The Kier molecular flexibility index (Phi) is 6.64. The highest BCUT2D eigenvalue weighted by atomic mass is 35.5. The topological polar surface area (TPSA) is 75.7 Å². The van der Waals surface area contributed by atoms with Gasteiger partial charge in [-0.05, 0) is 49.4 Å². The fraction of sp³-hybridized carbons (Fsp3) is 0.136. The van der Waals surface area contributed by atoms with Crippen molar-refractivity contribution in [2.75, 3.05) is 15.9 Å². The number of anilines is 2. The van der Waals surface area contributed by atoms with Gasteiger partial charge in [-0.3, -0.25) is 9.10 Å². The Hall–Kier alpha value is -3.03. The summed E-state index contributed by atoms with van der Waals surface area (Å²) in [5, 5.41) is 3.14. The van der Waals surface area contributed by atoms with Gasteiger partial charge in [0.05, 0.1) is 17.6 Å². The quantitative estimate of drug-likeness (QED) is 0.560. The Balaban J connectivity index is 1.86. The Bertz CT molecular complexity index is 1140. The summed E-state index contributed by atoms with van der Waals surface area (Å²) in [5.74, 6) is 0.548. The first kappa shape index (κ1) is 21.7. The van der Waals surface area contributed by atoms with Crippen LogP contribution in [0.4, 0.5) is 11.4 Å². The molecule has 1 atom stereocenters. The minimum Gasteiger partial charge on any atom is -0.455 e. The van der Waals surface area contributed by atoms with Gasteiger partial charge in [0.15, 0.2) is 5.75 Å². The molecule has 3 aromatic carbocycles. The molecular formula is C22H21ClN2O4S. The molecule has 0 aliphatic rings. The van der Waals surface area contributed by atoms with Crippen molar-refractivity contribution in [3.05, 3.63) is 83.9 Å². The summed E-state index contributed by atoms with van der Waals surface area (Å²) in [6, 6.07) is 21.4. The molecule has 0 saturated carbocycles. The largest absolute Gasteiger partial charge is 0.455 e. The van der Waals surface area contributed by atoms with E-state index in [0.717, 1.165) is 10.6 Å². The number of nitrogens with one attached hydrogen (secondary N) is 1. The third kappa shape index (κ3) is 5.31. The van der Waals surface area contributed by atoms with E-state index in [2.05, 4.69) is 5.32 Å². The molecule has 0 radical (unpaired) electrons. The van der Waals surface area contributed by atoms with Gasteiger partial charge in [0.1, 0.15) is 11.8 Å². The van der Waals surface area contributed by atoms with Crippen molar-refractivity contribution in [2.24, 2.45) is 0 Å². The first-order valence-corrected chi connectivity index (χ1v) is 11.4. The molecule has 30 heavy (non-hydrogen) atoms. The monoisotopic (exact) mass is 444 g/mol. The van der Waals surface area contributed by atoms with Gasteiger partial charge in [-0.2, -0.15) is 0 Å². The number of para-hydroxylation sites is 3. The van der Waals surface area contributed by atoms with Crippen molar-refractivity contribution in [1.82, 2.24) is 0 Å². The van der Waals surface area contributed by atoms with Gasteiger partial charge >= 0.3 is 0 Å². The van der Waals surface area contributed by atoms with Crippen molar-refractivity contribution < 1.29 is 17.9 Å². The molecule has 0 heterocycles. The van der Waals surface area contributed by atoms with Gasteiger partial charge in [-0.25, -0.2) is 8.42 Å². The number of hydrogen-bond donors (Lipinski definition) is 1. The normalized spacial score (nSPS) is 12.1. The second-order valence-electron chi connectivity index (χ2n) is 6.62. The number of nitrogens with zero attached hydrogens (tertiary/aromatic N) is 1. The zero-order valence-corrected chi connectivity index (χ0v) is 18.0. The highest BCUT2D eigenvalue weighted by Gasteiger charge is 2.29. The lowest BCUT2D eigenvalue weighted by Gasteiger charge is -2.28. The minimum absolute atomic E-state index is 0.307. The first-order chi connectivity index (χ1) is 14.3. The van der Waals surface area contributed by atoms with Gasteiger partial charge < -0.3 is 10.1 Å². The van der Waals surface area contributed by atoms with E-state index in [1.165, 1.54) is 13.0 Å². The number of ether oxygens (including phenoxy) is 1. The van der Waals surface area contributed by atoms with Crippen molar-refractivity contribution >= 4 is 38.9 Å². The molecule has 0 unspecified atom stereocenters. The van der Waals surface area contributed by atoms with E-state index in [0.29, 0.717) is 27.9 Å². The highest BCUT2D eigenvalue weighted by molar-refractivity contribution is 7.92. The molecule has 0 aliphatic carbocycles. The van der Waals surface area contributed by atoms with Crippen LogP contribution in [0.2, 0.25) is 5.02 Å². The Morgan fingerprint density at radius 2 is 1.67 bits per heavy atom. The van der Waals surface area contributed by atoms with Crippen molar-refractivity contribution in [3.8, 4) is 11.5 Å². The third-order valence-electron chi connectivity index (χ3n) is 4.27. The lowest BCUT2D eigenvalue weighted by Crippen LogP contribution is -2.45. The molecule has 3 rings (SSSR count). The summed E-state index contributed by atoms with van der Waals surface area (Å²) >= 11 is 6.01. The second-order valence-corrected chi connectivity index (χ2v) is 8.91. The first-order valence-electron chi connectivity index (χ1n) is 9.13. The lowest BCUT2D eigenvalue weighted by atomic mass is 10.2. The zero-order chi connectivity index (χ0) is 21.7. The van der Waals surface area contributed by atoms with E-state index < -0.39 is 22.0 Å². The predicted octanol–water partition coefficient (Wildman–Crippen LogP) is 4.93. The van der Waals surface area contributed by atoms with Crippen LogP contribution >= 0.6 is 11.6 Å². The van der Waals surface area contributed by atoms with Crippen LogP contribution in [-0.2, 0) is 14.8 Å². The molecule has 0 fully saturated rings. The SMILES string of the molecule is C[C@H](C(=O)Nc1ccccc1Oc1ccccc1)N(c1cccc(Cl)c1)S(C)(=O)=O. The zero-order valence-electron chi connectivity index (χ0n) is 16.4. The Labute approximate surface area is 181 Å². The lowest BCUT2D eigenvalue weighted by molar-refractivity contribution is -0.116. The number of rotatable bonds is 7. The maximum atomic E-state index is 13.0. The fourth-order valence-corrected chi connectivity index (χ4v) is 4.28. The average molecular weight is 445 g/mol. The van der Waals surface area contributed by atoms with Crippen molar-refractivity contribution in [2.45, 2.75) is 13.0 Å². The van der Waals surface area contributed by atoms with Crippen LogP contribution in [0.25, 0.3) is 0 Å². The molecule has 0 saturated heterocycles. The number of halogens is 1. The number of hydrogen-bond acceptors (Lipinski definition) is 4. The fourth-order valence-electron chi connectivity index (χ4n) is 2.93. The summed E-state index contributed by atoms with van der Waals surface area (Å²) in [4.78, 5) is 13.0.